The van der Waals surface area contributed by atoms with E-state index in [1.165, 1.54) is 0 Å². The van der Waals surface area contributed by atoms with Crippen LogP contribution in [0, 0.1) is 0 Å². The third kappa shape index (κ3) is 4.39. The van der Waals surface area contributed by atoms with Gasteiger partial charge in [-0.3, -0.25) is 10.1 Å². The Morgan fingerprint density at radius 1 is 0.862 bits per heavy atom. The van der Waals surface area contributed by atoms with Crippen molar-refractivity contribution in [2.75, 3.05) is 7.11 Å². The minimum atomic E-state index is -0.351. The Hall–Kier alpha value is -3.37. The van der Waals surface area contributed by atoms with Crippen LogP contribution in [0.15, 0.2) is 91.0 Å². The van der Waals surface area contributed by atoms with E-state index in [0.29, 0.717) is 13.1 Å². The van der Waals surface area contributed by atoms with Gasteiger partial charge in [-0.2, -0.15) is 0 Å². The molecule has 3 aromatic carbocycles. The van der Waals surface area contributed by atoms with E-state index in [2.05, 4.69) is 17.4 Å². The second kappa shape index (κ2) is 8.76. The molecule has 0 saturated carbocycles. The van der Waals surface area contributed by atoms with Gasteiger partial charge in [0.15, 0.2) is 0 Å². The fraction of sp³-hybridized carbons (Fsp3) is 0.160. The Morgan fingerprint density at radius 3 is 2.10 bits per heavy atom. The van der Waals surface area contributed by atoms with Crippen molar-refractivity contribution in [1.82, 2.24) is 10.2 Å². The molecule has 0 bridgehead atoms. The maximum absolute atomic E-state index is 13.2. The summed E-state index contributed by atoms with van der Waals surface area (Å²) < 4.78 is 5.27. The van der Waals surface area contributed by atoms with Crippen molar-refractivity contribution in [1.29, 1.82) is 0 Å². The van der Waals surface area contributed by atoms with Crippen LogP contribution in [-0.2, 0) is 17.9 Å². The summed E-state index contributed by atoms with van der Waals surface area (Å²) in [7, 11) is 1.65. The first-order chi connectivity index (χ1) is 14.2. The van der Waals surface area contributed by atoms with Crippen molar-refractivity contribution in [3.63, 3.8) is 0 Å². The van der Waals surface area contributed by atoms with Gasteiger partial charge in [0.2, 0.25) is 5.91 Å². The number of ether oxygens (including phenoxy) is 1. The lowest BCUT2D eigenvalue weighted by Gasteiger charge is -2.22. The second-order valence-corrected chi connectivity index (χ2v) is 7.03. The molecule has 0 saturated heterocycles. The second-order valence-electron chi connectivity index (χ2n) is 7.03. The number of rotatable bonds is 7. The van der Waals surface area contributed by atoms with Gasteiger partial charge in [-0.25, -0.2) is 0 Å². The molecule has 4 nitrogen and oxygen atoms in total. The Balaban J connectivity index is 1.59. The number of amides is 1. The van der Waals surface area contributed by atoms with Gasteiger partial charge in [0, 0.05) is 12.2 Å². The quantitative estimate of drug-likeness (QED) is 0.663. The topological polar surface area (TPSA) is 41.6 Å². The van der Waals surface area contributed by atoms with Gasteiger partial charge in [-0.1, -0.05) is 60.7 Å². The number of hydrogen-bond donors (Lipinski definition) is 1. The molecule has 0 aliphatic carbocycles. The van der Waals surface area contributed by atoms with Gasteiger partial charge in [0.05, 0.1) is 13.7 Å². The molecule has 0 fully saturated rings. The van der Waals surface area contributed by atoms with Crippen LogP contribution in [0.4, 0.5) is 0 Å². The van der Waals surface area contributed by atoms with E-state index in [-0.39, 0.29) is 11.9 Å². The van der Waals surface area contributed by atoms with Crippen LogP contribution in [-0.4, -0.2) is 24.0 Å². The summed E-state index contributed by atoms with van der Waals surface area (Å²) in [5.74, 6) is 0.864. The third-order valence-electron chi connectivity index (χ3n) is 5.09. The average Bonchev–Trinajstić information content (AvgIpc) is 3.09. The number of nitrogens with one attached hydrogen (secondary N) is 1. The van der Waals surface area contributed by atoms with Crippen molar-refractivity contribution >= 4 is 11.6 Å². The molecule has 1 N–H and O–H groups in total. The fourth-order valence-corrected chi connectivity index (χ4v) is 3.52. The third-order valence-corrected chi connectivity index (χ3v) is 5.09. The molecular formula is C25H24N2O2. The van der Waals surface area contributed by atoms with Gasteiger partial charge in [0.25, 0.3) is 0 Å². The SMILES string of the molecule is COc1ccc(C2=CC(NCc3ccccc3)C(=O)N2Cc2ccccc2)cc1. The Bertz CT molecular complexity index is 982. The van der Waals surface area contributed by atoms with E-state index >= 15 is 0 Å². The highest BCUT2D eigenvalue weighted by atomic mass is 16.5. The van der Waals surface area contributed by atoms with Crippen LogP contribution < -0.4 is 10.1 Å². The minimum Gasteiger partial charge on any atom is -0.497 e. The van der Waals surface area contributed by atoms with Crippen LogP contribution in [0.1, 0.15) is 16.7 Å². The number of methoxy groups -OCH3 is 1. The number of carbonyl (C=O) groups is 1. The lowest BCUT2D eigenvalue weighted by atomic mass is 10.1. The van der Waals surface area contributed by atoms with E-state index in [4.69, 9.17) is 4.74 Å². The van der Waals surface area contributed by atoms with Crippen molar-refractivity contribution in [3.05, 3.63) is 108 Å². The highest BCUT2D eigenvalue weighted by Crippen LogP contribution is 2.30. The maximum atomic E-state index is 13.2. The highest BCUT2D eigenvalue weighted by Gasteiger charge is 2.33. The van der Waals surface area contributed by atoms with Gasteiger partial charge in [-0.15, -0.1) is 0 Å². The number of carbonyl (C=O) groups excluding carboxylic acids is 1. The number of nitrogens with zero attached hydrogens (tertiary/aromatic N) is 1. The first-order valence-electron chi connectivity index (χ1n) is 9.73. The zero-order chi connectivity index (χ0) is 20.1. The molecule has 146 valence electrons. The average molecular weight is 384 g/mol. The molecular weight excluding hydrogens is 360 g/mol. The molecule has 1 aliphatic rings. The summed E-state index contributed by atoms with van der Waals surface area (Å²) in [6.45, 7) is 1.18. The first kappa shape index (κ1) is 19.0. The smallest absolute Gasteiger partial charge is 0.248 e. The Labute approximate surface area is 171 Å². The number of hydrogen-bond acceptors (Lipinski definition) is 3. The van der Waals surface area contributed by atoms with Crippen molar-refractivity contribution in [3.8, 4) is 5.75 Å². The molecule has 1 heterocycles. The molecule has 0 aromatic heterocycles. The Kier molecular flexibility index (Phi) is 5.73. The summed E-state index contributed by atoms with van der Waals surface area (Å²) in [5.41, 5.74) is 4.18. The predicted octanol–water partition coefficient (Wildman–Crippen LogP) is 4.24. The molecule has 1 atom stereocenters. The van der Waals surface area contributed by atoms with E-state index in [1.54, 1.807) is 7.11 Å². The van der Waals surface area contributed by atoms with E-state index in [1.807, 2.05) is 83.8 Å². The van der Waals surface area contributed by atoms with E-state index in [0.717, 1.165) is 28.1 Å². The molecule has 0 radical (unpaired) electrons. The maximum Gasteiger partial charge on any atom is 0.248 e. The van der Waals surface area contributed by atoms with Crippen LogP contribution in [0.2, 0.25) is 0 Å². The van der Waals surface area contributed by atoms with Gasteiger partial charge < -0.3 is 9.64 Å². The van der Waals surface area contributed by atoms with Crippen molar-refractivity contribution < 1.29 is 9.53 Å². The predicted molar refractivity (Wildman–Crippen MR) is 115 cm³/mol. The first-order valence-corrected chi connectivity index (χ1v) is 9.73. The van der Waals surface area contributed by atoms with Gasteiger partial charge in [-0.05, 0) is 47.0 Å². The van der Waals surface area contributed by atoms with E-state index in [9.17, 15) is 4.79 Å². The summed E-state index contributed by atoms with van der Waals surface area (Å²) in [6, 6.07) is 27.7. The zero-order valence-corrected chi connectivity index (χ0v) is 16.4. The van der Waals surface area contributed by atoms with Gasteiger partial charge in [0.1, 0.15) is 11.8 Å². The van der Waals surface area contributed by atoms with Crippen molar-refractivity contribution in [2.45, 2.75) is 19.1 Å². The summed E-state index contributed by atoms with van der Waals surface area (Å²) in [5, 5.41) is 3.39. The monoisotopic (exact) mass is 384 g/mol. The highest BCUT2D eigenvalue weighted by molar-refractivity contribution is 5.98. The summed E-state index contributed by atoms with van der Waals surface area (Å²) in [4.78, 5) is 15.1. The van der Waals surface area contributed by atoms with Crippen LogP contribution in [0.5, 0.6) is 5.75 Å². The van der Waals surface area contributed by atoms with Crippen LogP contribution >= 0.6 is 0 Å². The zero-order valence-electron chi connectivity index (χ0n) is 16.4. The molecule has 1 amide bonds. The molecule has 0 spiro atoms. The minimum absolute atomic E-state index is 0.0654. The van der Waals surface area contributed by atoms with Crippen molar-refractivity contribution in [2.24, 2.45) is 0 Å². The summed E-state index contributed by atoms with van der Waals surface area (Å²) >= 11 is 0. The van der Waals surface area contributed by atoms with Gasteiger partial charge >= 0.3 is 0 Å². The lowest BCUT2D eigenvalue weighted by molar-refractivity contribution is -0.128. The molecule has 4 heteroatoms. The molecule has 1 unspecified atom stereocenters. The summed E-state index contributed by atoms with van der Waals surface area (Å²) in [6.07, 6.45) is 2.02. The number of benzene rings is 3. The lowest BCUT2D eigenvalue weighted by Crippen LogP contribution is -2.38. The molecule has 29 heavy (non-hydrogen) atoms. The normalized spacial score (nSPS) is 16.0. The van der Waals surface area contributed by atoms with Crippen LogP contribution in [0.3, 0.4) is 0 Å². The molecule has 3 aromatic rings. The standard InChI is InChI=1S/C25H24N2O2/c1-29-22-14-12-21(13-15-22)24-16-23(26-17-19-8-4-2-5-9-19)25(28)27(24)18-20-10-6-3-7-11-20/h2-16,23,26H,17-18H2,1H3. The van der Waals surface area contributed by atoms with Crippen LogP contribution in [0.25, 0.3) is 5.70 Å². The van der Waals surface area contributed by atoms with E-state index < -0.39 is 0 Å². The molecule has 1 aliphatic heterocycles. The molecule has 4 rings (SSSR count). The Morgan fingerprint density at radius 2 is 1.48 bits per heavy atom. The fourth-order valence-electron chi connectivity index (χ4n) is 3.52. The largest absolute Gasteiger partial charge is 0.497 e.